The first-order valence-electron chi connectivity index (χ1n) is 12.7. The van der Waals surface area contributed by atoms with E-state index in [2.05, 4.69) is 5.32 Å². The summed E-state index contributed by atoms with van der Waals surface area (Å²) in [4.78, 5) is 48.2. The summed E-state index contributed by atoms with van der Waals surface area (Å²) in [5, 5.41) is 12.0. The molecule has 0 heterocycles. The zero-order chi connectivity index (χ0) is 27.4. The second-order valence-electron chi connectivity index (χ2n) is 9.50. The van der Waals surface area contributed by atoms with Gasteiger partial charge in [0.25, 0.3) is 0 Å². The number of nitrogens with one attached hydrogen (secondary N) is 1. The first-order chi connectivity index (χ1) is 17.6. The summed E-state index contributed by atoms with van der Waals surface area (Å²) < 4.78 is 5.13. The fourth-order valence-electron chi connectivity index (χ4n) is 4.13. The average molecular weight is 511 g/mol. The molecule has 0 aliphatic heterocycles. The van der Waals surface area contributed by atoms with Crippen molar-refractivity contribution in [2.75, 3.05) is 6.61 Å². The number of carbonyl (C=O) groups is 4. The molecule has 2 aromatic rings. The maximum Gasteiger partial charge on any atom is 0.320 e. The lowest BCUT2D eigenvalue weighted by atomic mass is 9.94. The van der Waals surface area contributed by atoms with Gasteiger partial charge in [0, 0.05) is 25.3 Å². The second kappa shape index (κ2) is 14.9. The van der Waals surface area contributed by atoms with Crippen LogP contribution < -0.4 is 11.1 Å². The van der Waals surface area contributed by atoms with Crippen LogP contribution >= 0.6 is 0 Å². The molecule has 37 heavy (non-hydrogen) atoms. The van der Waals surface area contributed by atoms with Gasteiger partial charge in [-0.25, -0.2) is 0 Å². The summed E-state index contributed by atoms with van der Waals surface area (Å²) in [6.45, 7) is 5.41. The van der Waals surface area contributed by atoms with Crippen molar-refractivity contribution in [3.63, 3.8) is 0 Å². The highest BCUT2D eigenvalue weighted by molar-refractivity contribution is 5.86. The van der Waals surface area contributed by atoms with E-state index < -0.39 is 23.8 Å². The molecule has 2 rings (SSSR count). The fraction of sp³-hybridized carbons (Fsp3) is 0.448. The van der Waals surface area contributed by atoms with Gasteiger partial charge in [0.1, 0.15) is 11.8 Å². The molecular weight excluding hydrogens is 472 g/mol. The topological polar surface area (TPSA) is 136 Å². The molecule has 0 saturated carbocycles. The molecule has 1 unspecified atom stereocenters. The Balaban J connectivity index is 2.01. The molecule has 4 atom stereocenters. The van der Waals surface area contributed by atoms with Crippen molar-refractivity contribution in [3.05, 3.63) is 60.2 Å². The Morgan fingerprint density at radius 3 is 2.16 bits per heavy atom. The van der Waals surface area contributed by atoms with Gasteiger partial charge in [0.2, 0.25) is 5.91 Å². The van der Waals surface area contributed by atoms with Crippen LogP contribution in [0, 0.1) is 11.8 Å². The van der Waals surface area contributed by atoms with Crippen molar-refractivity contribution >= 4 is 23.6 Å². The Morgan fingerprint density at radius 1 is 0.946 bits per heavy atom. The van der Waals surface area contributed by atoms with Gasteiger partial charge in [-0.15, -0.1) is 0 Å². The molecule has 1 amide bonds. The Hall–Kier alpha value is -3.52. The van der Waals surface area contributed by atoms with Crippen LogP contribution in [-0.2, 0) is 30.3 Å². The molecule has 0 aromatic heterocycles. The van der Waals surface area contributed by atoms with E-state index in [0.29, 0.717) is 12.8 Å². The maximum absolute atomic E-state index is 12.7. The lowest BCUT2D eigenvalue weighted by Gasteiger charge is -2.22. The van der Waals surface area contributed by atoms with Crippen LogP contribution in [0.2, 0.25) is 0 Å². The number of amides is 1. The summed E-state index contributed by atoms with van der Waals surface area (Å²) in [5.74, 6) is -2.93. The Bertz CT molecular complexity index is 1040. The molecule has 200 valence electrons. The number of rotatable bonds is 15. The largest absolute Gasteiger partial charge is 0.480 e. The van der Waals surface area contributed by atoms with Crippen LogP contribution in [0.5, 0.6) is 0 Å². The summed E-state index contributed by atoms with van der Waals surface area (Å²) in [6.07, 6.45) is 0.879. The van der Waals surface area contributed by atoms with E-state index in [0.717, 1.165) is 16.7 Å². The van der Waals surface area contributed by atoms with Crippen molar-refractivity contribution in [2.24, 2.45) is 17.6 Å². The maximum atomic E-state index is 12.7. The number of ether oxygens (including phenoxy) is 1. The van der Waals surface area contributed by atoms with Gasteiger partial charge in [-0.2, -0.15) is 0 Å². The van der Waals surface area contributed by atoms with E-state index in [1.807, 2.05) is 54.6 Å². The zero-order valence-corrected chi connectivity index (χ0v) is 21.8. The lowest BCUT2D eigenvalue weighted by Crippen LogP contribution is -2.39. The van der Waals surface area contributed by atoms with E-state index in [1.54, 1.807) is 20.8 Å². The van der Waals surface area contributed by atoms with Gasteiger partial charge >= 0.3 is 11.9 Å². The number of esters is 1. The molecule has 0 radical (unpaired) electrons. The summed E-state index contributed by atoms with van der Waals surface area (Å²) in [7, 11) is 0. The van der Waals surface area contributed by atoms with Gasteiger partial charge < -0.3 is 20.9 Å². The van der Waals surface area contributed by atoms with Crippen LogP contribution in [0.25, 0.3) is 11.1 Å². The van der Waals surface area contributed by atoms with Gasteiger partial charge in [-0.1, -0.05) is 68.4 Å². The summed E-state index contributed by atoms with van der Waals surface area (Å²) in [6, 6.07) is 16.6. The highest BCUT2D eigenvalue weighted by atomic mass is 16.5. The number of carboxylic acid groups (broad SMARTS) is 1. The number of hydrogen-bond donors (Lipinski definition) is 3. The number of benzene rings is 2. The van der Waals surface area contributed by atoms with Crippen molar-refractivity contribution in [1.82, 2.24) is 5.32 Å². The van der Waals surface area contributed by atoms with Crippen LogP contribution in [-0.4, -0.2) is 47.4 Å². The molecule has 2 aromatic carbocycles. The quantitative estimate of drug-likeness (QED) is 0.310. The third kappa shape index (κ3) is 10.2. The Morgan fingerprint density at radius 2 is 1.57 bits per heavy atom. The number of ketones is 1. The third-order valence-electron chi connectivity index (χ3n) is 6.31. The number of hydrogen-bond acceptors (Lipinski definition) is 6. The fourth-order valence-corrected chi connectivity index (χ4v) is 4.13. The number of Topliss-reactive ketones (excluding diaryl/α,β-unsaturated/α-hetero) is 1. The molecule has 8 heteroatoms. The van der Waals surface area contributed by atoms with Crippen LogP contribution in [0.15, 0.2) is 54.6 Å². The standard InChI is InChI=1S/C29H38N2O6/c1-4-37-29(36)20(3)16-24(18-21-10-12-23(13-11-21)22-8-6-5-7-9-22)31-26(33)15-14-25(32)17-19(2)27(30)28(34)35/h5-13,19-20,24,27H,4,14-18,30H2,1-3H3,(H,31,33)(H,34,35)/t19?,20-,24+,27+/m1/s1. The number of carboxylic acids is 1. The van der Waals surface area contributed by atoms with Crippen LogP contribution in [0.1, 0.15) is 52.0 Å². The minimum Gasteiger partial charge on any atom is -0.480 e. The first kappa shape index (κ1) is 29.7. The van der Waals surface area contributed by atoms with Crippen molar-refractivity contribution in [3.8, 4) is 11.1 Å². The number of nitrogens with two attached hydrogens (primary N) is 1. The van der Waals surface area contributed by atoms with E-state index in [1.165, 1.54) is 0 Å². The van der Waals surface area contributed by atoms with Crippen LogP contribution in [0.4, 0.5) is 0 Å². The molecule has 0 bridgehead atoms. The third-order valence-corrected chi connectivity index (χ3v) is 6.31. The number of aliphatic carboxylic acids is 1. The molecule has 8 nitrogen and oxygen atoms in total. The van der Waals surface area contributed by atoms with E-state index in [4.69, 9.17) is 15.6 Å². The van der Waals surface area contributed by atoms with Gasteiger partial charge in [0.05, 0.1) is 12.5 Å². The predicted octanol–water partition coefficient (Wildman–Crippen LogP) is 3.76. The monoisotopic (exact) mass is 510 g/mol. The normalized spacial score (nSPS) is 14.2. The predicted molar refractivity (Wildman–Crippen MR) is 142 cm³/mol. The minimum absolute atomic E-state index is 0.00215. The van der Waals surface area contributed by atoms with Gasteiger partial charge in [-0.3, -0.25) is 19.2 Å². The summed E-state index contributed by atoms with van der Waals surface area (Å²) >= 11 is 0. The van der Waals surface area contributed by atoms with Crippen molar-refractivity contribution < 1.29 is 29.0 Å². The van der Waals surface area contributed by atoms with E-state index in [9.17, 15) is 19.2 Å². The van der Waals surface area contributed by atoms with Gasteiger partial charge in [0.15, 0.2) is 0 Å². The molecule has 4 N–H and O–H groups in total. The van der Waals surface area contributed by atoms with E-state index >= 15 is 0 Å². The van der Waals surface area contributed by atoms with Crippen molar-refractivity contribution in [1.29, 1.82) is 0 Å². The first-order valence-corrected chi connectivity index (χ1v) is 12.7. The van der Waals surface area contributed by atoms with Crippen molar-refractivity contribution in [2.45, 2.75) is 65.0 Å². The second-order valence-corrected chi connectivity index (χ2v) is 9.50. The number of carbonyl (C=O) groups excluding carboxylic acids is 3. The van der Waals surface area contributed by atoms with Crippen LogP contribution in [0.3, 0.4) is 0 Å². The highest BCUT2D eigenvalue weighted by Gasteiger charge is 2.24. The Labute approximate surface area is 218 Å². The zero-order valence-electron chi connectivity index (χ0n) is 21.8. The Kier molecular flexibility index (Phi) is 12.0. The van der Waals surface area contributed by atoms with E-state index in [-0.39, 0.29) is 49.6 Å². The molecule has 0 fully saturated rings. The SMILES string of the molecule is CCOC(=O)[C@H](C)C[C@@H](Cc1ccc(-c2ccccc2)cc1)NC(=O)CCC(=O)CC(C)[C@H](N)C(=O)O. The summed E-state index contributed by atoms with van der Waals surface area (Å²) in [5.41, 5.74) is 8.77. The molecule has 0 spiro atoms. The lowest BCUT2D eigenvalue weighted by molar-refractivity contribution is -0.148. The molecule has 0 aliphatic rings. The molecular formula is C29H38N2O6. The minimum atomic E-state index is -1.16. The van der Waals surface area contributed by atoms with Gasteiger partial charge in [-0.05, 0) is 42.4 Å². The smallest absolute Gasteiger partial charge is 0.320 e. The average Bonchev–Trinajstić information content (AvgIpc) is 2.88. The molecule has 0 aliphatic carbocycles. The molecule has 0 saturated heterocycles. The highest BCUT2D eigenvalue weighted by Crippen LogP contribution is 2.21.